The van der Waals surface area contributed by atoms with Gasteiger partial charge in [0, 0.05) is 37.6 Å². The zero-order chi connectivity index (χ0) is 18.4. The highest BCUT2D eigenvalue weighted by molar-refractivity contribution is 7.97. The van der Waals surface area contributed by atoms with E-state index in [2.05, 4.69) is 33.5 Å². The van der Waals surface area contributed by atoms with E-state index in [0.717, 1.165) is 37.6 Å². The Balaban J connectivity index is 1.60. The first kappa shape index (κ1) is 18.7. The number of benzene rings is 2. The van der Waals surface area contributed by atoms with E-state index in [0.29, 0.717) is 11.3 Å². The van der Waals surface area contributed by atoms with Crippen LogP contribution in [0.25, 0.3) is 0 Å². The first-order valence-electron chi connectivity index (χ1n) is 8.51. The van der Waals surface area contributed by atoms with E-state index in [1.165, 1.54) is 5.56 Å². The molecule has 0 saturated carbocycles. The number of piperazine rings is 1. The Hall–Kier alpha value is -2.06. The number of ether oxygens (including phenoxy) is 1. The number of hydroxylamine groups is 1. The minimum Gasteiger partial charge on any atom is -0.497 e. The van der Waals surface area contributed by atoms with E-state index in [1.807, 2.05) is 18.2 Å². The molecule has 138 valence electrons. The van der Waals surface area contributed by atoms with Crippen LogP contribution in [0.4, 0.5) is 0 Å². The molecule has 0 unspecified atom stereocenters. The molecule has 0 spiro atoms. The van der Waals surface area contributed by atoms with Crippen molar-refractivity contribution in [1.82, 2.24) is 14.7 Å². The minimum atomic E-state index is -0.533. The van der Waals surface area contributed by atoms with Crippen molar-refractivity contribution in [2.45, 2.75) is 11.4 Å². The molecule has 0 atom stereocenters. The molecule has 0 radical (unpaired) electrons. The summed E-state index contributed by atoms with van der Waals surface area (Å²) in [7, 11) is 1.55. The molecule has 7 heteroatoms. The number of hydrogen-bond acceptors (Lipinski definition) is 6. The highest BCUT2D eigenvalue weighted by Gasteiger charge is 2.21. The van der Waals surface area contributed by atoms with Crippen molar-refractivity contribution in [3.8, 4) is 5.75 Å². The van der Waals surface area contributed by atoms with E-state index in [4.69, 9.17) is 9.94 Å². The summed E-state index contributed by atoms with van der Waals surface area (Å²) in [6.07, 6.45) is 0. The molecule has 1 heterocycles. The molecule has 0 aromatic heterocycles. The van der Waals surface area contributed by atoms with Crippen LogP contribution in [0.5, 0.6) is 5.75 Å². The number of methoxy groups -OCH3 is 1. The molecular weight excluding hydrogens is 350 g/mol. The second-order valence-corrected chi connectivity index (χ2v) is 7.22. The molecule has 3 rings (SSSR count). The van der Waals surface area contributed by atoms with E-state index in [9.17, 15) is 4.79 Å². The molecule has 1 fully saturated rings. The molecule has 2 aromatic rings. The molecule has 2 aromatic carbocycles. The lowest BCUT2D eigenvalue weighted by atomic mass is 10.2. The predicted molar refractivity (Wildman–Crippen MR) is 101 cm³/mol. The Kier molecular flexibility index (Phi) is 6.51. The zero-order valence-electron chi connectivity index (χ0n) is 14.7. The summed E-state index contributed by atoms with van der Waals surface area (Å²) in [5, 5.41) is 8.99. The fourth-order valence-electron chi connectivity index (χ4n) is 2.91. The fraction of sp³-hybridized carbons (Fsp3) is 0.316. The van der Waals surface area contributed by atoms with Gasteiger partial charge in [0.05, 0.1) is 12.7 Å². The first-order valence-corrected chi connectivity index (χ1v) is 9.28. The number of amides is 1. The van der Waals surface area contributed by atoms with Crippen LogP contribution < -0.4 is 10.2 Å². The van der Waals surface area contributed by atoms with Gasteiger partial charge in [0.2, 0.25) is 0 Å². The number of nitrogens with one attached hydrogen (secondary N) is 1. The second-order valence-electron chi connectivity index (χ2n) is 6.09. The van der Waals surface area contributed by atoms with Gasteiger partial charge in [-0.3, -0.25) is 14.9 Å². The summed E-state index contributed by atoms with van der Waals surface area (Å²) in [6.45, 7) is 4.71. The number of carbonyl (C=O) groups excluding carboxylic acids is 1. The van der Waals surface area contributed by atoms with Crippen LogP contribution in [0, 0.1) is 0 Å². The van der Waals surface area contributed by atoms with Gasteiger partial charge in [0.25, 0.3) is 5.91 Å². The fourth-order valence-corrected chi connectivity index (χ4v) is 3.92. The van der Waals surface area contributed by atoms with Gasteiger partial charge in [-0.2, -0.15) is 0 Å². The molecule has 0 bridgehead atoms. The number of hydrogen-bond donors (Lipinski definition) is 2. The first-order chi connectivity index (χ1) is 12.7. The SMILES string of the molecule is COc1ccc(SN2CCN(Cc3ccccc3)CC2)c(C(=O)NO)c1. The van der Waals surface area contributed by atoms with Crippen LogP contribution in [0.1, 0.15) is 15.9 Å². The molecular formula is C19H23N3O3S. The molecule has 1 aliphatic rings. The largest absolute Gasteiger partial charge is 0.497 e. The lowest BCUT2D eigenvalue weighted by Gasteiger charge is -2.34. The maximum atomic E-state index is 11.9. The molecule has 2 N–H and O–H groups in total. The van der Waals surface area contributed by atoms with Crippen molar-refractivity contribution < 1.29 is 14.7 Å². The van der Waals surface area contributed by atoms with Crippen molar-refractivity contribution in [1.29, 1.82) is 0 Å². The van der Waals surface area contributed by atoms with Crippen LogP contribution in [0.15, 0.2) is 53.4 Å². The summed E-state index contributed by atoms with van der Waals surface area (Å²) in [5.74, 6) is 0.0507. The predicted octanol–water partition coefficient (Wildman–Crippen LogP) is 2.64. The Labute approximate surface area is 157 Å². The van der Waals surface area contributed by atoms with Gasteiger partial charge >= 0.3 is 0 Å². The van der Waals surface area contributed by atoms with E-state index in [-0.39, 0.29) is 0 Å². The van der Waals surface area contributed by atoms with Crippen molar-refractivity contribution >= 4 is 17.9 Å². The highest BCUT2D eigenvalue weighted by atomic mass is 32.2. The van der Waals surface area contributed by atoms with E-state index >= 15 is 0 Å². The monoisotopic (exact) mass is 373 g/mol. The smallest absolute Gasteiger partial charge is 0.275 e. The summed E-state index contributed by atoms with van der Waals surface area (Å²) in [6, 6.07) is 15.8. The molecule has 1 amide bonds. The van der Waals surface area contributed by atoms with Gasteiger partial charge in [-0.05, 0) is 35.7 Å². The lowest BCUT2D eigenvalue weighted by Crippen LogP contribution is -2.42. The van der Waals surface area contributed by atoms with Gasteiger partial charge in [0.1, 0.15) is 5.75 Å². The van der Waals surface area contributed by atoms with Crippen molar-refractivity contribution in [3.63, 3.8) is 0 Å². The lowest BCUT2D eigenvalue weighted by molar-refractivity contribution is 0.0702. The molecule has 1 saturated heterocycles. The third-order valence-corrected chi connectivity index (χ3v) is 5.52. The summed E-state index contributed by atoms with van der Waals surface area (Å²) < 4.78 is 7.42. The third kappa shape index (κ3) is 4.76. The average Bonchev–Trinajstić information content (AvgIpc) is 2.70. The van der Waals surface area contributed by atoms with Crippen LogP contribution in [0.2, 0.25) is 0 Å². The van der Waals surface area contributed by atoms with Crippen LogP contribution in [0.3, 0.4) is 0 Å². The average molecular weight is 373 g/mol. The van der Waals surface area contributed by atoms with Gasteiger partial charge in [-0.15, -0.1) is 0 Å². The topological polar surface area (TPSA) is 65.0 Å². The molecule has 26 heavy (non-hydrogen) atoms. The van der Waals surface area contributed by atoms with Gasteiger partial charge in [-0.1, -0.05) is 30.3 Å². The van der Waals surface area contributed by atoms with Crippen LogP contribution in [-0.2, 0) is 6.54 Å². The summed E-state index contributed by atoms with van der Waals surface area (Å²) in [4.78, 5) is 15.2. The summed E-state index contributed by atoms with van der Waals surface area (Å²) in [5.41, 5.74) is 3.44. The van der Waals surface area contributed by atoms with Gasteiger partial charge < -0.3 is 4.74 Å². The minimum absolute atomic E-state index is 0.406. The van der Waals surface area contributed by atoms with Gasteiger partial charge in [0.15, 0.2) is 0 Å². The molecule has 0 aliphatic carbocycles. The number of rotatable bonds is 6. The third-order valence-electron chi connectivity index (χ3n) is 4.34. The van der Waals surface area contributed by atoms with Gasteiger partial charge in [-0.25, -0.2) is 9.79 Å². The van der Waals surface area contributed by atoms with Crippen molar-refractivity contribution in [3.05, 3.63) is 59.7 Å². The Bertz CT molecular complexity index is 734. The Morgan fingerprint density at radius 2 is 1.88 bits per heavy atom. The molecule has 6 nitrogen and oxygen atoms in total. The Morgan fingerprint density at radius 1 is 1.15 bits per heavy atom. The summed E-state index contributed by atoms with van der Waals surface area (Å²) >= 11 is 1.54. The standard InChI is InChI=1S/C19H23N3O3S/c1-25-16-7-8-18(17(13-16)19(23)20-24)26-22-11-9-21(10-12-22)14-15-5-3-2-4-6-15/h2-8,13,24H,9-12,14H2,1H3,(H,20,23). The Morgan fingerprint density at radius 3 is 2.54 bits per heavy atom. The normalized spacial score (nSPS) is 15.6. The second kappa shape index (κ2) is 9.05. The maximum Gasteiger partial charge on any atom is 0.275 e. The number of nitrogens with zero attached hydrogens (tertiary/aromatic N) is 2. The van der Waals surface area contributed by atoms with Crippen LogP contribution >= 0.6 is 11.9 Å². The van der Waals surface area contributed by atoms with E-state index in [1.54, 1.807) is 30.6 Å². The van der Waals surface area contributed by atoms with Crippen molar-refractivity contribution in [2.24, 2.45) is 0 Å². The molecule has 1 aliphatic heterocycles. The van der Waals surface area contributed by atoms with Crippen molar-refractivity contribution in [2.75, 3.05) is 33.3 Å². The highest BCUT2D eigenvalue weighted by Crippen LogP contribution is 2.30. The number of carbonyl (C=O) groups is 1. The van der Waals surface area contributed by atoms with E-state index < -0.39 is 5.91 Å². The quantitative estimate of drug-likeness (QED) is 0.461. The zero-order valence-corrected chi connectivity index (χ0v) is 15.5. The maximum absolute atomic E-state index is 11.9. The van der Waals surface area contributed by atoms with Crippen LogP contribution in [-0.4, -0.2) is 53.6 Å².